The molecule has 0 aliphatic carbocycles. The van der Waals surface area contributed by atoms with Crippen molar-refractivity contribution >= 4 is 37.8 Å². The van der Waals surface area contributed by atoms with Crippen LogP contribution < -0.4 is 0 Å². The quantitative estimate of drug-likeness (QED) is 0.691. The summed E-state index contributed by atoms with van der Waals surface area (Å²) in [5.41, 5.74) is -0.595. The lowest BCUT2D eigenvalue weighted by atomic mass is 10.2. The van der Waals surface area contributed by atoms with Gasteiger partial charge in [0.1, 0.15) is 11.4 Å². The maximum absolute atomic E-state index is 12.5. The van der Waals surface area contributed by atoms with Crippen LogP contribution in [0.25, 0.3) is 0 Å². The van der Waals surface area contributed by atoms with Gasteiger partial charge in [0, 0.05) is 30.1 Å². The van der Waals surface area contributed by atoms with E-state index in [2.05, 4.69) is 15.9 Å². The molecule has 1 fully saturated rings. The maximum Gasteiger partial charge on any atom is 0.410 e. The molecule has 0 radical (unpaired) electrons. The van der Waals surface area contributed by atoms with E-state index in [-0.39, 0.29) is 24.0 Å². The van der Waals surface area contributed by atoms with Gasteiger partial charge in [-0.2, -0.15) is 0 Å². The number of amides is 2. The Labute approximate surface area is 168 Å². The van der Waals surface area contributed by atoms with Crippen LogP contribution in [0.15, 0.2) is 33.6 Å². The number of halogens is 1. The minimum Gasteiger partial charge on any atom is -0.444 e. The fourth-order valence-corrected chi connectivity index (χ4v) is 4.59. The normalized spacial score (nSPS) is 18.3. The number of carbonyl (C=O) groups is 2. The zero-order chi connectivity index (χ0) is 20.4. The van der Waals surface area contributed by atoms with Crippen molar-refractivity contribution in [1.82, 2.24) is 9.80 Å². The molecule has 0 aromatic heterocycles. The molecule has 150 valence electrons. The first kappa shape index (κ1) is 21.7. The summed E-state index contributed by atoms with van der Waals surface area (Å²) in [6.45, 7) is 8.04. The van der Waals surface area contributed by atoms with Crippen molar-refractivity contribution < 1.29 is 22.7 Å². The number of piperazine rings is 1. The van der Waals surface area contributed by atoms with Crippen LogP contribution in [0.2, 0.25) is 0 Å². The molecule has 0 saturated carbocycles. The summed E-state index contributed by atoms with van der Waals surface area (Å²) < 4.78 is 31.0. The molecule has 2 rings (SSSR count). The van der Waals surface area contributed by atoms with Gasteiger partial charge in [-0.3, -0.25) is 4.79 Å². The van der Waals surface area contributed by atoms with Crippen molar-refractivity contribution in [2.24, 2.45) is 0 Å². The van der Waals surface area contributed by atoms with E-state index in [0.717, 1.165) is 0 Å². The third-order valence-corrected chi connectivity index (χ3v) is 6.17. The third-order valence-electron chi connectivity index (χ3n) is 4.08. The number of ether oxygens (including phenoxy) is 1. The lowest BCUT2D eigenvalue weighted by Gasteiger charge is -2.40. The third kappa shape index (κ3) is 5.93. The Bertz CT molecular complexity index is 819. The smallest absolute Gasteiger partial charge is 0.410 e. The average Bonchev–Trinajstić information content (AvgIpc) is 2.52. The van der Waals surface area contributed by atoms with E-state index < -0.39 is 33.2 Å². The van der Waals surface area contributed by atoms with Gasteiger partial charge >= 0.3 is 6.09 Å². The van der Waals surface area contributed by atoms with E-state index in [1.54, 1.807) is 37.8 Å². The predicted octanol–water partition coefficient (Wildman–Crippen LogP) is 2.69. The van der Waals surface area contributed by atoms with Crippen molar-refractivity contribution in [2.45, 2.75) is 44.2 Å². The second-order valence-electron chi connectivity index (χ2n) is 7.58. The molecule has 0 N–H and O–H groups in total. The van der Waals surface area contributed by atoms with Crippen molar-refractivity contribution in [1.29, 1.82) is 0 Å². The molecule has 1 heterocycles. The van der Waals surface area contributed by atoms with E-state index in [0.29, 0.717) is 11.0 Å². The summed E-state index contributed by atoms with van der Waals surface area (Å²) in [6, 6.07) is 6.02. The van der Waals surface area contributed by atoms with Crippen LogP contribution in [0.3, 0.4) is 0 Å². The Morgan fingerprint density at radius 2 is 1.93 bits per heavy atom. The van der Waals surface area contributed by atoms with Crippen molar-refractivity contribution in [2.75, 3.05) is 25.4 Å². The highest BCUT2D eigenvalue weighted by atomic mass is 79.9. The fraction of sp³-hybridized carbons (Fsp3) is 0.556. The first-order chi connectivity index (χ1) is 12.4. The Morgan fingerprint density at radius 3 is 2.48 bits per heavy atom. The van der Waals surface area contributed by atoms with Gasteiger partial charge in [0.2, 0.25) is 5.91 Å². The second kappa shape index (κ2) is 8.18. The summed E-state index contributed by atoms with van der Waals surface area (Å²) in [7, 11) is -3.73. The number of hydrogen-bond acceptors (Lipinski definition) is 5. The molecule has 7 nitrogen and oxygen atoms in total. The summed E-state index contributed by atoms with van der Waals surface area (Å²) in [6.07, 6.45) is -0.427. The van der Waals surface area contributed by atoms with Gasteiger partial charge in [-0.15, -0.1) is 0 Å². The molecule has 9 heteroatoms. The summed E-state index contributed by atoms with van der Waals surface area (Å²) in [5, 5.41) is 0. The van der Waals surface area contributed by atoms with Crippen molar-refractivity contribution in [3.8, 4) is 0 Å². The fourth-order valence-electron chi connectivity index (χ4n) is 2.77. The summed E-state index contributed by atoms with van der Waals surface area (Å²) in [4.78, 5) is 27.9. The van der Waals surface area contributed by atoms with Gasteiger partial charge in [-0.05, 0) is 45.9 Å². The first-order valence-electron chi connectivity index (χ1n) is 8.65. The highest BCUT2D eigenvalue weighted by molar-refractivity contribution is 9.10. The first-order valence-corrected chi connectivity index (χ1v) is 11.1. The number of sulfone groups is 1. The van der Waals surface area contributed by atoms with E-state index >= 15 is 0 Å². The zero-order valence-electron chi connectivity index (χ0n) is 15.9. The van der Waals surface area contributed by atoms with Crippen LogP contribution in [0.1, 0.15) is 27.7 Å². The molecule has 1 aliphatic rings. The van der Waals surface area contributed by atoms with E-state index in [1.165, 1.54) is 17.0 Å². The van der Waals surface area contributed by atoms with Gasteiger partial charge in [0.15, 0.2) is 9.84 Å². The summed E-state index contributed by atoms with van der Waals surface area (Å²) in [5.74, 6) is -1.06. The van der Waals surface area contributed by atoms with Gasteiger partial charge in [-0.25, -0.2) is 13.2 Å². The van der Waals surface area contributed by atoms with E-state index in [4.69, 9.17) is 4.74 Å². The van der Waals surface area contributed by atoms with Crippen LogP contribution in [0, 0.1) is 0 Å². The Hall–Kier alpha value is -1.61. The Morgan fingerprint density at radius 1 is 1.26 bits per heavy atom. The molecule has 0 bridgehead atoms. The second-order valence-corrected chi connectivity index (χ2v) is 10.5. The van der Waals surface area contributed by atoms with Crippen LogP contribution in [0.4, 0.5) is 4.79 Å². The predicted molar refractivity (Wildman–Crippen MR) is 105 cm³/mol. The van der Waals surface area contributed by atoms with Crippen molar-refractivity contribution in [3.63, 3.8) is 0 Å². The molecule has 0 spiro atoms. The number of hydrogen-bond donors (Lipinski definition) is 0. The number of rotatable bonds is 3. The van der Waals surface area contributed by atoms with Crippen molar-refractivity contribution in [3.05, 3.63) is 28.7 Å². The van der Waals surface area contributed by atoms with Gasteiger partial charge < -0.3 is 14.5 Å². The molecule has 0 unspecified atom stereocenters. The topological polar surface area (TPSA) is 84.0 Å². The monoisotopic (exact) mass is 460 g/mol. The molecule has 1 atom stereocenters. The molecule has 1 aromatic carbocycles. The standard InChI is InChI=1S/C18H25BrN2O5S/c1-13-11-20(8-9-21(13)17(23)26-18(2,3)4)16(22)12-27(24,25)15-7-5-6-14(19)10-15/h5-7,10,13H,8-9,11-12H2,1-4H3/t13-/m1/s1. The minimum atomic E-state index is -3.73. The van der Waals surface area contributed by atoms with Crippen LogP contribution in [-0.2, 0) is 19.4 Å². The SMILES string of the molecule is C[C@@H]1CN(C(=O)CS(=O)(=O)c2cccc(Br)c2)CCN1C(=O)OC(C)(C)C. The molecule has 1 saturated heterocycles. The number of carbonyl (C=O) groups excluding carboxylic acids is 2. The minimum absolute atomic E-state index is 0.102. The van der Waals surface area contributed by atoms with E-state index in [1.807, 2.05) is 6.92 Å². The molecule has 27 heavy (non-hydrogen) atoms. The number of benzene rings is 1. The largest absolute Gasteiger partial charge is 0.444 e. The molecule has 1 aromatic rings. The molecule has 2 amide bonds. The summed E-state index contributed by atoms with van der Waals surface area (Å²) >= 11 is 3.24. The Balaban J connectivity index is 2.00. The number of nitrogens with zero attached hydrogens (tertiary/aromatic N) is 2. The van der Waals surface area contributed by atoms with E-state index in [9.17, 15) is 18.0 Å². The van der Waals surface area contributed by atoms with Crippen LogP contribution >= 0.6 is 15.9 Å². The van der Waals surface area contributed by atoms with Gasteiger partial charge in [-0.1, -0.05) is 22.0 Å². The van der Waals surface area contributed by atoms with Gasteiger partial charge in [0.05, 0.1) is 4.90 Å². The lowest BCUT2D eigenvalue weighted by Crippen LogP contribution is -2.57. The van der Waals surface area contributed by atoms with Gasteiger partial charge in [0.25, 0.3) is 0 Å². The Kier molecular flexibility index (Phi) is 6.57. The van der Waals surface area contributed by atoms with Crippen LogP contribution in [0.5, 0.6) is 0 Å². The average molecular weight is 461 g/mol. The highest BCUT2D eigenvalue weighted by Crippen LogP contribution is 2.19. The molecular weight excluding hydrogens is 436 g/mol. The molecular formula is C18H25BrN2O5S. The maximum atomic E-state index is 12.5. The molecule has 1 aliphatic heterocycles. The lowest BCUT2D eigenvalue weighted by molar-refractivity contribution is -0.131. The zero-order valence-corrected chi connectivity index (χ0v) is 18.3. The van der Waals surface area contributed by atoms with Crippen LogP contribution in [-0.4, -0.2) is 67.2 Å². The highest BCUT2D eigenvalue weighted by Gasteiger charge is 2.33.